The van der Waals surface area contributed by atoms with Crippen LogP contribution in [0.15, 0.2) is 38.9 Å². The minimum atomic E-state index is -0.295. The average Bonchev–Trinajstić information content (AvgIpc) is 2.82. The van der Waals surface area contributed by atoms with Gasteiger partial charge in [-0.05, 0) is 24.6 Å². The summed E-state index contributed by atoms with van der Waals surface area (Å²) in [6.07, 6.45) is 0.235. The van der Waals surface area contributed by atoms with E-state index < -0.39 is 0 Å². The zero-order valence-electron chi connectivity index (χ0n) is 10.8. The number of halogens is 1. The number of nitrogens with zero attached hydrogens (tertiary/aromatic N) is 2. The summed E-state index contributed by atoms with van der Waals surface area (Å²) >= 11 is 3.35. The summed E-state index contributed by atoms with van der Waals surface area (Å²) < 4.78 is 0.981. The lowest BCUT2D eigenvalue weighted by Gasteiger charge is -2.02. The Kier molecular flexibility index (Phi) is 4.62. The van der Waals surface area contributed by atoms with Crippen LogP contribution in [-0.4, -0.2) is 23.2 Å². The predicted molar refractivity (Wildman–Crippen MR) is 79.3 cm³/mol. The number of carbonyl (C=O) groups excluding carboxylic acids is 2. The summed E-state index contributed by atoms with van der Waals surface area (Å²) in [6.45, 7) is 1.81. The van der Waals surface area contributed by atoms with Gasteiger partial charge in [0.05, 0.1) is 24.3 Å². The van der Waals surface area contributed by atoms with E-state index in [0.29, 0.717) is 11.4 Å². The lowest BCUT2D eigenvalue weighted by molar-refractivity contribution is -0.119. The van der Waals surface area contributed by atoms with E-state index in [1.807, 2.05) is 31.2 Å². The maximum absolute atomic E-state index is 11.6. The van der Waals surface area contributed by atoms with Crippen molar-refractivity contribution in [2.45, 2.75) is 19.8 Å². The molecule has 0 atom stereocenters. The van der Waals surface area contributed by atoms with Crippen molar-refractivity contribution in [2.75, 3.05) is 0 Å². The van der Waals surface area contributed by atoms with Crippen LogP contribution in [0.5, 0.6) is 0 Å². The van der Waals surface area contributed by atoms with Crippen molar-refractivity contribution >= 4 is 39.2 Å². The summed E-state index contributed by atoms with van der Waals surface area (Å²) in [5.41, 5.74) is 6.89. The first kappa shape index (κ1) is 14.4. The fourth-order valence-electron chi connectivity index (χ4n) is 1.63. The second-order valence-electron chi connectivity index (χ2n) is 4.31. The molecular weight excluding hydrogens is 324 g/mol. The summed E-state index contributed by atoms with van der Waals surface area (Å²) in [7, 11) is 0. The second-order valence-corrected chi connectivity index (χ2v) is 5.22. The molecule has 6 nitrogen and oxygen atoms in total. The quantitative estimate of drug-likeness (QED) is 0.646. The Balaban J connectivity index is 1.90. The number of hydrazone groups is 2. The van der Waals surface area contributed by atoms with Gasteiger partial charge in [0.15, 0.2) is 0 Å². The van der Waals surface area contributed by atoms with Crippen molar-refractivity contribution in [3.05, 3.63) is 34.3 Å². The zero-order valence-corrected chi connectivity index (χ0v) is 12.4. The molecule has 2 amide bonds. The van der Waals surface area contributed by atoms with Gasteiger partial charge < -0.3 is 0 Å². The van der Waals surface area contributed by atoms with Gasteiger partial charge in [0.2, 0.25) is 11.8 Å². The van der Waals surface area contributed by atoms with Crippen molar-refractivity contribution in [3.8, 4) is 0 Å². The second kappa shape index (κ2) is 6.42. The minimum Gasteiger partial charge on any atom is -0.273 e. The van der Waals surface area contributed by atoms with Crippen LogP contribution in [-0.2, 0) is 9.59 Å². The lowest BCUT2D eigenvalue weighted by Crippen LogP contribution is -2.22. The monoisotopic (exact) mass is 336 g/mol. The molecule has 0 spiro atoms. The van der Waals surface area contributed by atoms with Gasteiger partial charge in [-0.15, -0.1) is 0 Å². The number of hydrogen-bond acceptors (Lipinski definition) is 4. The van der Waals surface area contributed by atoms with Crippen molar-refractivity contribution in [1.82, 2.24) is 10.9 Å². The van der Waals surface area contributed by atoms with Gasteiger partial charge in [-0.2, -0.15) is 10.2 Å². The molecule has 2 N–H and O–H groups in total. The van der Waals surface area contributed by atoms with Crippen molar-refractivity contribution in [1.29, 1.82) is 0 Å². The molecule has 0 fully saturated rings. The molecule has 0 aliphatic carbocycles. The van der Waals surface area contributed by atoms with E-state index in [4.69, 9.17) is 0 Å². The summed E-state index contributed by atoms with van der Waals surface area (Å²) in [6, 6.07) is 7.61. The molecule has 7 heteroatoms. The number of amides is 2. The predicted octanol–water partition coefficient (Wildman–Crippen LogP) is 1.56. The zero-order chi connectivity index (χ0) is 14.5. The Bertz CT molecular complexity index is 593. The Hall–Kier alpha value is -2.02. The van der Waals surface area contributed by atoms with E-state index in [1.54, 1.807) is 0 Å². The number of nitrogens with one attached hydrogen (secondary N) is 2. The van der Waals surface area contributed by atoms with Crippen LogP contribution in [0.4, 0.5) is 0 Å². The van der Waals surface area contributed by atoms with Crippen LogP contribution < -0.4 is 10.9 Å². The molecular formula is C13H13BrN4O2. The highest BCUT2D eigenvalue weighted by Crippen LogP contribution is 2.11. The van der Waals surface area contributed by atoms with Gasteiger partial charge in [0.25, 0.3) is 0 Å². The highest BCUT2D eigenvalue weighted by Gasteiger charge is 2.17. The normalized spacial score (nSPS) is 14.8. The highest BCUT2D eigenvalue weighted by atomic mass is 79.9. The first-order chi connectivity index (χ1) is 9.54. The first-order valence-corrected chi connectivity index (χ1v) is 6.77. The van der Waals surface area contributed by atoms with Crippen LogP contribution in [0.25, 0.3) is 0 Å². The van der Waals surface area contributed by atoms with E-state index in [2.05, 4.69) is 37.0 Å². The topological polar surface area (TPSA) is 82.9 Å². The minimum absolute atomic E-state index is 0.0653. The molecule has 0 saturated carbocycles. The third-order valence-electron chi connectivity index (χ3n) is 2.68. The molecule has 1 aromatic carbocycles. The SMILES string of the molecule is C/C(=N/NC(=O)CC1=NNC(=O)C1)c1ccc(Br)cc1. The maximum Gasteiger partial charge on any atom is 0.245 e. The van der Waals surface area contributed by atoms with E-state index >= 15 is 0 Å². The number of carbonyl (C=O) groups is 2. The molecule has 0 unspecified atom stereocenters. The Morgan fingerprint density at radius 2 is 2.15 bits per heavy atom. The van der Waals surface area contributed by atoms with Crippen molar-refractivity contribution in [3.63, 3.8) is 0 Å². The molecule has 0 radical (unpaired) electrons. The van der Waals surface area contributed by atoms with Crippen LogP contribution >= 0.6 is 15.9 Å². The molecule has 0 bridgehead atoms. The van der Waals surface area contributed by atoms with E-state index in [0.717, 1.165) is 10.0 Å². The van der Waals surface area contributed by atoms with Crippen LogP contribution in [0.3, 0.4) is 0 Å². The summed E-state index contributed by atoms with van der Waals surface area (Å²) in [5, 5.41) is 7.78. The van der Waals surface area contributed by atoms with Gasteiger partial charge >= 0.3 is 0 Å². The Labute approximate surface area is 124 Å². The van der Waals surface area contributed by atoms with Crippen LogP contribution in [0.2, 0.25) is 0 Å². The fraction of sp³-hybridized carbons (Fsp3) is 0.231. The molecule has 1 aliphatic rings. The van der Waals surface area contributed by atoms with Gasteiger partial charge in [0.1, 0.15) is 0 Å². The number of benzene rings is 1. The smallest absolute Gasteiger partial charge is 0.245 e. The molecule has 20 heavy (non-hydrogen) atoms. The molecule has 0 aromatic heterocycles. The average molecular weight is 337 g/mol. The molecule has 104 valence electrons. The molecule has 2 rings (SSSR count). The molecule has 0 saturated heterocycles. The molecule has 1 heterocycles. The van der Waals surface area contributed by atoms with E-state index in [-0.39, 0.29) is 24.7 Å². The van der Waals surface area contributed by atoms with E-state index in [1.165, 1.54) is 0 Å². The maximum atomic E-state index is 11.6. The van der Waals surface area contributed by atoms with Crippen molar-refractivity contribution in [2.24, 2.45) is 10.2 Å². The summed E-state index contributed by atoms with van der Waals surface area (Å²) in [4.78, 5) is 22.6. The van der Waals surface area contributed by atoms with Gasteiger partial charge in [-0.3, -0.25) is 9.59 Å². The lowest BCUT2D eigenvalue weighted by atomic mass is 10.1. The van der Waals surface area contributed by atoms with Gasteiger partial charge in [0, 0.05) is 4.47 Å². The first-order valence-electron chi connectivity index (χ1n) is 5.98. The molecule has 1 aliphatic heterocycles. The van der Waals surface area contributed by atoms with Crippen LogP contribution in [0, 0.1) is 0 Å². The van der Waals surface area contributed by atoms with Crippen molar-refractivity contribution < 1.29 is 9.59 Å². The van der Waals surface area contributed by atoms with Crippen LogP contribution in [0.1, 0.15) is 25.3 Å². The number of rotatable bonds is 4. The largest absolute Gasteiger partial charge is 0.273 e. The summed E-state index contributed by atoms with van der Waals surface area (Å²) in [5.74, 6) is -0.487. The van der Waals surface area contributed by atoms with Gasteiger partial charge in [-0.1, -0.05) is 28.1 Å². The standard InChI is InChI=1S/C13H13BrN4O2/c1-8(9-2-4-10(14)5-3-9)15-17-12(19)6-11-7-13(20)18-16-11/h2-5H,6-7H2,1H3,(H,17,19)(H,18,20)/b15-8-. The van der Waals surface area contributed by atoms with E-state index in [9.17, 15) is 9.59 Å². The third-order valence-corrected chi connectivity index (χ3v) is 3.21. The highest BCUT2D eigenvalue weighted by molar-refractivity contribution is 9.10. The Morgan fingerprint density at radius 1 is 1.45 bits per heavy atom. The Morgan fingerprint density at radius 3 is 2.75 bits per heavy atom. The number of hydrogen-bond donors (Lipinski definition) is 2. The third kappa shape index (κ3) is 3.99. The van der Waals surface area contributed by atoms with Gasteiger partial charge in [-0.25, -0.2) is 10.9 Å². The molecule has 1 aromatic rings. The fourth-order valence-corrected chi connectivity index (χ4v) is 1.90.